The third kappa shape index (κ3) is 2.83. The molecule has 0 spiro atoms. The minimum absolute atomic E-state index is 0.0823. The molecule has 0 atom stereocenters. The van der Waals surface area contributed by atoms with Crippen molar-refractivity contribution in [2.45, 2.75) is 6.54 Å². The molecule has 3 heterocycles. The monoisotopic (exact) mass is 396 g/mol. The Morgan fingerprint density at radius 2 is 2.10 bits per heavy atom. The van der Waals surface area contributed by atoms with E-state index in [-0.39, 0.29) is 5.91 Å². The first-order valence-electron chi connectivity index (χ1n) is 9.60. The summed E-state index contributed by atoms with van der Waals surface area (Å²) in [6.07, 6.45) is 4.99. The quantitative estimate of drug-likeness (QED) is 0.535. The lowest BCUT2D eigenvalue weighted by molar-refractivity contribution is 0.0800. The van der Waals surface area contributed by atoms with Gasteiger partial charge in [-0.2, -0.15) is 5.10 Å². The largest absolute Gasteiger partial charge is 0.398 e. The minimum atomic E-state index is -0.0823. The number of rotatable bonds is 4. The number of hydrogen-bond donors (Lipinski definition) is 1. The standard InChI is InChI=1S/C23H20N6O/c1-14(20-7-8-25-13-26-20)11-29-12-18-17(5-6-19(24)22(18)23(29)30)15-3-4-16-10-27-28(2)21(16)9-15/h3-10,13H,1,11-12,24H2,2H3. The van der Waals surface area contributed by atoms with E-state index in [9.17, 15) is 4.79 Å². The first kappa shape index (κ1) is 18.1. The zero-order valence-corrected chi connectivity index (χ0v) is 16.5. The molecule has 1 amide bonds. The van der Waals surface area contributed by atoms with Crippen molar-refractivity contribution in [1.29, 1.82) is 0 Å². The number of benzene rings is 2. The SMILES string of the molecule is C=C(CN1Cc2c(-c3ccc4cnn(C)c4c3)ccc(N)c2C1=O)c1ccncn1. The van der Waals surface area contributed by atoms with Gasteiger partial charge in [0.2, 0.25) is 0 Å². The van der Waals surface area contributed by atoms with Crippen LogP contribution in [0.2, 0.25) is 0 Å². The Balaban J connectivity index is 1.52. The number of carbonyl (C=O) groups is 1. The van der Waals surface area contributed by atoms with Gasteiger partial charge >= 0.3 is 0 Å². The van der Waals surface area contributed by atoms with Crippen LogP contribution >= 0.6 is 0 Å². The van der Waals surface area contributed by atoms with Crippen molar-refractivity contribution in [3.05, 3.63) is 78.5 Å². The molecule has 7 nitrogen and oxygen atoms in total. The van der Waals surface area contributed by atoms with Crippen LogP contribution in [0.15, 0.2) is 61.7 Å². The van der Waals surface area contributed by atoms with Gasteiger partial charge in [-0.3, -0.25) is 9.48 Å². The number of aromatic nitrogens is 4. The second-order valence-electron chi connectivity index (χ2n) is 7.46. The average Bonchev–Trinajstić information content (AvgIpc) is 3.29. The summed E-state index contributed by atoms with van der Waals surface area (Å²) in [5.41, 5.74) is 12.8. The van der Waals surface area contributed by atoms with Gasteiger partial charge in [0.15, 0.2) is 0 Å². The van der Waals surface area contributed by atoms with E-state index in [1.807, 2.05) is 36.1 Å². The number of nitrogens with zero attached hydrogens (tertiary/aromatic N) is 5. The average molecular weight is 396 g/mol. The third-order valence-electron chi connectivity index (χ3n) is 5.58. The van der Waals surface area contributed by atoms with E-state index in [4.69, 9.17) is 5.73 Å². The molecule has 0 bridgehead atoms. The Morgan fingerprint density at radius 3 is 2.90 bits per heavy atom. The maximum absolute atomic E-state index is 13.2. The number of anilines is 1. The fourth-order valence-corrected chi connectivity index (χ4v) is 4.02. The van der Waals surface area contributed by atoms with Gasteiger partial charge in [-0.15, -0.1) is 0 Å². The van der Waals surface area contributed by atoms with E-state index in [2.05, 4.69) is 33.8 Å². The molecular formula is C23H20N6O. The second-order valence-corrected chi connectivity index (χ2v) is 7.46. The highest BCUT2D eigenvalue weighted by molar-refractivity contribution is 6.06. The highest BCUT2D eigenvalue weighted by Crippen LogP contribution is 2.37. The molecule has 0 fully saturated rings. The van der Waals surface area contributed by atoms with Gasteiger partial charge < -0.3 is 10.6 Å². The summed E-state index contributed by atoms with van der Waals surface area (Å²) < 4.78 is 1.85. The fraction of sp³-hybridized carbons (Fsp3) is 0.130. The van der Waals surface area contributed by atoms with Crippen LogP contribution in [0, 0.1) is 0 Å². The summed E-state index contributed by atoms with van der Waals surface area (Å²) in [4.78, 5) is 23.1. The number of carbonyl (C=O) groups excluding carboxylic acids is 1. The molecule has 0 saturated carbocycles. The number of amides is 1. The lowest BCUT2D eigenvalue weighted by Gasteiger charge is -2.17. The number of hydrogen-bond acceptors (Lipinski definition) is 5. The number of fused-ring (bicyclic) bond motifs is 2. The van der Waals surface area contributed by atoms with Crippen molar-refractivity contribution in [1.82, 2.24) is 24.6 Å². The van der Waals surface area contributed by atoms with E-state index in [0.29, 0.717) is 24.3 Å². The Hall–Kier alpha value is -4.00. The Labute approximate surface area is 173 Å². The van der Waals surface area contributed by atoms with Gasteiger partial charge in [0.1, 0.15) is 6.33 Å². The lowest BCUT2D eigenvalue weighted by Crippen LogP contribution is -2.26. The predicted octanol–water partition coefficient (Wildman–Crippen LogP) is 3.28. The summed E-state index contributed by atoms with van der Waals surface area (Å²) >= 11 is 0. The van der Waals surface area contributed by atoms with Gasteiger partial charge in [-0.1, -0.05) is 24.8 Å². The highest BCUT2D eigenvalue weighted by atomic mass is 16.2. The van der Waals surface area contributed by atoms with Gasteiger partial charge in [0.25, 0.3) is 5.91 Å². The Morgan fingerprint density at radius 1 is 1.23 bits per heavy atom. The fourth-order valence-electron chi connectivity index (χ4n) is 4.02. The molecule has 0 saturated heterocycles. The van der Waals surface area contributed by atoms with Gasteiger partial charge in [0, 0.05) is 37.4 Å². The second kappa shape index (κ2) is 6.81. The van der Waals surface area contributed by atoms with Crippen LogP contribution in [-0.4, -0.2) is 37.1 Å². The van der Waals surface area contributed by atoms with E-state index in [1.165, 1.54) is 6.33 Å². The molecule has 4 aromatic rings. The Bertz CT molecular complexity index is 1310. The highest BCUT2D eigenvalue weighted by Gasteiger charge is 2.32. The zero-order chi connectivity index (χ0) is 20.8. The van der Waals surface area contributed by atoms with Crippen LogP contribution in [-0.2, 0) is 13.6 Å². The zero-order valence-electron chi connectivity index (χ0n) is 16.5. The van der Waals surface area contributed by atoms with Gasteiger partial charge in [-0.25, -0.2) is 9.97 Å². The molecule has 2 aromatic carbocycles. The van der Waals surface area contributed by atoms with Gasteiger partial charge in [-0.05, 0) is 40.5 Å². The van der Waals surface area contributed by atoms with Crippen molar-refractivity contribution >= 4 is 28.1 Å². The molecule has 0 radical (unpaired) electrons. The molecule has 0 unspecified atom stereocenters. The lowest BCUT2D eigenvalue weighted by atomic mass is 9.95. The number of nitrogens with two attached hydrogens (primary N) is 1. The van der Waals surface area contributed by atoms with E-state index < -0.39 is 0 Å². The maximum atomic E-state index is 13.2. The molecule has 0 aliphatic carbocycles. The minimum Gasteiger partial charge on any atom is -0.398 e. The summed E-state index contributed by atoms with van der Waals surface area (Å²) in [6, 6.07) is 11.8. The van der Waals surface area contributed by atoms with Crippen LogP contribution in [0.5, 0.6) is 0 Å². The predicted molar refractivity (Wildman–Crippen MR) is 116 cm³/mol. The number of nitrogen functional groups attached to an aromatic ring is 1. The van der Waals surface area contributed by atoms with Crippen molar-refractivity contribution < 1.29 is 4.79 Å². The molecule has 1 aliphatic rings. The summed E-state index contributed by atoms with van der Waals surface area (Å²) in [7, 11) is 1.92. The number of aryl methyl sites for hydroxylation is 1. The molecule has 7 heteroatoms. The molecular weight excluding hydrogens is 376 g/mol. The molecule has 5 rings (SSSR count). The first-order valence-corrected chi connectivity index (χ1v) is 9.60. The molecule has 1 aliphatic heterocycles. The van der Waals surface area contributed by atoms with E-state index >= 15 is 0 Å². The van der Waals surface area contributed by atoms with Crippen molar-refractivity contribution in [3.63, 3.8) is 0 Å². The van der Waals surface area contributed by atoms with Crippen molar-refractivity contribution in [2.24, 2.45) is 7.05 Å². The Kier molecular flexibility index (Phi) is 4.10. The van der Waals surface area contributed by atoms with Crippen molar-refractivity contribution in [3.8, 4) is 11.1 Å². The van der Waals surface area contributed by atoms with Crippen molar-refractivity contribution in [2.75, 3.05) is 12.3 Å². The van der Waals surface area contributed by atoms with Crippen LogP contribution in [0.1, 0.15) is 21.6 Å². The van der Waals surface area contributed by atoms with Crippen LogP contribution in [0.4, 0.5) is 5.69 Å². The normalized spacial score (nSPS) is 13.1. The topological polar surface area (TPSA) is 89.9 Å². The summed E-state index contributed by atoms with van der Waals surface area (Å²) in [5, 5.41) is 5.39. The van der Waals surface area contributed by atoms with E-state index in [1.54, 1.807) is 17.2 Å². The molecule has 2 N–H and O–H groups in total. The van der Waals surface area contributed by atoms with Gasteiger partial charge in [0.05, 0.1) is 23.0 Å². The van der Waals surface area contributed by atoms with Crippen LogP contribution in [0.25, 0.3) is 27.6 Å². The maximum Gasteiger partial charge on any atom is 0.256 e. The first-order chi connectivity index (χ1) is 14.5. The third-order valence-corrected chi connectivity index (χ3v) is 5.58. The summed E-state index contributed by atoms with van der Waals surface area (Å²) in [6.45, 7) is 4.95. The molecule has 2 aromatic heterocycles. The smallest absolute Gasteiger partial charge is 0.256 e. The van der Waals surface area contributed by atoms with E-state index in [0.717, 1.165) is 38.9 Å². The molecule has 148 valence electrons. The summed E-state index contributed by atoms with van der Waals surface area (Å²) in [5.74, 6) is -0.0823. The van der Waals surface area contributed by atoms with Crippen LogP contribution in [0.3, 0.4) is 0 Å². The van der Waals surface area contributed by atoms with Crippen LogP contribution < -0.4 is 5.73 Å². The molecule has 30 heavy (non-hydrogen) atoms.